The first-order valence-electron chi connectivity index (χ1n) is 10.3. The largest absolute Gasteiger partial charge is 0.494 e. The number of ether oxygens (including phenoxy) is 1. The van der Waals surface area contributed by atoms with Crippen molar-refractivity contribution in [2.24, 2.45) is 5.10 Å². The van der Waals surface area contributed by atoms with E-state index in [9.17, 15) is 0 Å². The minimum atomic E-state index is -0.0621. The van der Waals surface area contributed by atoms with Crippen molar-refractivity contribution >= 4 is 23.3 Å². The van der Waals surface area contributed by atoms with Gasteiger partial charge < -0.3 is 4.74 Å². The van der Waals surface area contributed by atoms with E-state index in [4.69, 9.17) is 9.84 Å². The third-order valence-corrected chi connectivity index (χ3v) is 5.34. The molecule has 0 saturated heterocycles. The Balaban J connectivity index is 1.86. The van der Waals surface area contributed by atoms with Crippen molar-refractivity contribution in [2.75, 3.05) is 24.7 Å². The molecular weight excluding hydrogens is 346 g/mol. The summed E-state index contributed by atoms with van der Waals surface area (Å²) in [5.74, 6) is 0.907. The van der Waals surface area contributed by atoms with Crippen LogP contribution < -0.4 is 9.75 Å². The van der Waals surface area contributed by atoms with E-state index in [1.165, 1.54) is 17.0 Å². The molecule has 3 rings (SSSR count). The highest BCUT2D eigenvalue weighted by atomic mass is 16.5. The molecule has 0 N–H and O–H groups in total. The molecule has 1 aliphatic rings. The van der Waals surface area contributed by atoms with Crippen molar-refractivity contribution in [2.45, 2.75) is 46.5 Å². The number of para-hydroxylation sites is 1. The lowest BCUT2D eigenvalue weighted by molar-refractivity contribution is -0.431. The number of hydrogen-bond donors (Lipinski definition) is 0. The first-order valence-corrected chi connectivity index (χ1v) is 10.3. The van der Waals surface area contributed by atoms with E-state index < -0.39 is 0 Å². The Morgan fingerprint density at radius 2 is 1.75 bits per heavy atom. The van der Waals surface area contributed by atoms with Crippen LogP contribution in [0.4, 0.5) is 11.4 Å². The van der Waals surface area contributed by atoms with Gasteiger partial charge in [0.2, 0.25) is 11.4 Å². The molecule has 2 aromatic rings. The van der Waals surface area contributed by atoms with Crippen LogP contribution >= 0.6 is 0 Å². The number of hydrogen-bond acceptors (Lipinski definition) is 3. The zero-order valence-electron chi connectivity index (χ0n) is 17.8. The summed E-state index contributed by atoms with van der Waals surface area (Å²) in [5.41, 5.74) is 4.89. The van der Waals surface area contributed by atoms with E-state index in [1.54, 1.807) is 0 Å². The van der Waals surface area contributed by atoms with Crippen LogP contribution in [0.15, 0.2) is 53.6 Å². The molecule has 1 aliphatic heterocycles. The Kier molecular flexibility index (Phi) is 6.18. The summed E-state index contributed by atoms with van der Waals surface area (Å²) in [5, 5.41) is 6.88. The monoisotopic (exact) mass is 378 g/mol. The smallest absolute Gasteiger partial charge is 0.212 e. The summed E-state index contributed by atoms with van der Waals surface area (Å²) >= 11 is 0. The van der Waals surface area contributed by atoms with Gasteiger partial charge in [-0.1, -0.05) is 25.1 Å². The van der Waals surface area contributed by atoms with Gasteiger partial charge in [-0.15, -0.1) is 0 Å². The molecule has 0 atom stereocenters. The zero-order valence-corrected chi connectivity index (χ0v) is 17.8. The molecule has 0 fully saturated rings. The van der Waals surface area contributed by atoms with E-state index in [0.717, 1.165) is 37.6 Å². The van der Waals surface area contributed by atoms with E-state index >= 15 is 0 Å². The van der Waals surface area contributed by atoms with Gasteiger partial charge in [-0.2, -0.15) is 9.68 Å². The molecular formula is C24H32N3O+. The number of fused-ring (bicyclic) bond motifs is 1. The molecule has 4 heteroatoms. The highest BCUT2D eigenvalue weighted by molar-refractivity contribution is 6.33. The standard InChI is InChI=1S/C24H32N3O/c1-6-17-28-20-15-13-19(14-16-20)27(8-3)25-18-23-24(4,5)21-11-9-10-12-22(21)26(23)7-2/h9-16,18H,6-8,17H2,1-5H3/q+1. The van der Waals surface area contributed by atoms with Crippen LogP contribution in [0.3, 0.4) is 0 Å². The lowest BCUT2D eigenvalue weighted by Crippen LogP contribution is -2.31. The Morgan fingerprint density at radius 3 is 2.39 bits per heavy atom. The maximum Gasteiger partial charge on any atom is 0.212 e. The van der Waals surface area contributed by atoms with Crippen LogP contribution in [-0.2, 0) is 5.41 Å². The second-order valence-corrected chi connectivity index (χ2v) is 7.57. The summed E-state index contributed by atoms with van der Waals surface area (Å²) in [4.78, 5) is 0. The highest BCUT2D eigenvalue weighted by Crippen LogP contribution is 2.38. The first kappa shape index (κ1) is 20.1. The first-order chi connectivity index (χ1) is 13.5. The van der Waals surface area contributed by atoms with Crippen molar-refractivity contribution in [1.82, 2.24) is 0 Å². The van der Waals surface area contributed by atoms with Crippen LogP contribution in [0.2, 0.25) is 0 Å². The predicted molar refractivity (Wildman–Crippen MR) is 119 cm³/mol. The second kappa shape index (κ2) is 8.59. The summed E-state index contributed by atoms with van der Waals surface area (Å²) in [6.07, 6.45) is 3.05. The normalized spacial score (nSPS) is 15.2. The summed E-state index contributed by atoms with van der Waals surface area (Å²) < 4.78 is 8.06. The quantitative estimate of drug-likeness (QED) is 0.350. The molecule has 2 aromatic carbocycles. The molecule has 0 unspecified atom stereocenters. The van der Waals surface area contributed by atoms with Gasteiger partial charge in [0, 0.05) is 18.2 Å². The highest BCUT2D eigenvalue weighted by Gasteiger charge is 2.44. The fraction of sp³-hybridized carbons (Fsp3) is 0.417. The van der Waals surface area contributed by atoms with Gasteiger partial charge in [-0.25, -0.2) is 0 Å². The van der Waals surface area contributed by atoms with Gasteiger partial charge >= 0.3 is 0 Å². The molecule has 0 aromatic heterocycles. The lowest BCUT2D eigenvalue weighted by atomic mass is 9.82. The molecule has 0 radical (unpaired) electrons. The van der Waals surface area contributed by atoms with E-state index in [1.807, 2.05) is 23.4 Å². The second-order valence-electron chi connectivity index (χ2n) is 7.57. The number of rotatable bonds is 8. The SMILES string of the molecule is CCCOc1ccc(N(CC)/N=C/C2=[N+](CC)c3ccccc3C2(C)C)cc1. The van der Waals surface area contributed by atoms with Crippen molar-refractivity contribution in [3.05, 3.63) is 54.1 Å². The molecule has 0 aliphatic carbocycles. The number of hydrazone groups is 1. The van der Waals surface area contributed by atoms with Gasteiger partial charge in [-0.3, -0.25) is 5.01 Å². The summed E-state index contributed by atoms with van der Waals surface area (Å²) in [6, 6.07) is 16.8. The fourth-order valence-corrected chi connectivity index (χ4v) is 3.80. The zero-order chi connectivity index (χ0) is 20.1. The Bertz CT molecular complexity index is 866. The van der Waals surface area contributed by atoms with Crippen LogP contribution in [0.5, 0.6) is 5.75 Å². The van der Waals surface area contributed by atoms with Crippen molar-refractivity contribution in [1.29, 1.82) is 0 Å². The van der Waals surface area contributed by atoms with E-state index in [2.05, 4.69) is 75.6 Å². The van der Waals surface area contributed by atoms with Crippen molar-refractivity contribution < 1.29 is 9.31 Å². The number of nitrogens with zero attached hydrogens (tertiary/aromatic N) is 3. The molecule has 0 bridgehead atoms. The lowest BCUT2D eigenvalue weighted by Gasteiger charge is -2.19. The van der Waals surface area contributed by atoms with Crippen LogP contribution in [0, 0.1) is 0 Å². The maximum atomic E-state index is 5.69. The van der Waals surface area contributed by atoms with Gasteiger partial charge in [0.15, 0.2) is 0 Å². The maximum absolute atomic E-state index is 5.69. The molecule has 148 valence electrons. The average Bonchev–Trinajstić information content (AvgIpc) is 2.94. The third kappa shape index (κ3) is 3.82. The van der Waals surface area contributed by atoms with Gasteiger partial charge in [0.05, 0.1) is 17.7 Å². The molecule has 4 nitrogen and oxygen atoms in total. The Hall–Kier alpha value is -2.62. The van der Waals surface area contributed by atoms with Crippen LogP contribution in [0.25, 0.3) is 0 Å². The number of benzene rings is 2. The number of anilines is 1. The molecule has 1 heterocycles. The molecule has 28 heavy (non-hydrogen) atoms. The van der Waals surface area contributed by atoms with Gasteiger partial charge in [-0.05, 0) is 58.4 Å². The predicted octanol–water partition coefficient (Wildman–Crippen LogP) is 5.38. The fourth-order valence-electron chi connectivity index (χ4n) is 3.80. The van der Waals surface area contributed by atoms with Crippen LogP contribution in [-0.4, -0.2) is 36.2 Å². The minimum Gasteiger partial charge on any atom is -0.494 e. The summed E-state index contributed by atoms with van der Waals surface area (Å²) in [6.45, 7) is 13.5. The third-order valence-electron chi connectivity index (χ3n) is 5.34. The Morgan fingerprint density at radius 1 is 1.04 bits per heavy atom. The van der Waals surface area contributed by atoms with Crippen molar-refractivity contribution in [3.8, 4) is 5.75 Å². The van der Waals surface area contributed by atoms with Gasteiger partial charge in [0.25, 0.3) is 0 Å². The van der Waals surface area contributed by atoms with E-state index in [-0.39, 0.29) is 5.41 Å². The van der Waals surface area contributed by atoms with E-state index in [0.29, 0.717) is 0 Å². The van der Waals surface area contributed by atoms with Gasteiger partial charge in [0.1, 0.15) is 18.5 Å². The molecule has 0 amide bonds. The Labute approximate surface area is 169 Å². The minimum absolute atomic E-state index is 0.0621. The van der Waals surface area contributed by atoms with Crippen molar-refractivity contribution in [3.63, 3.8) is 0 Å². The van der Waals surface area contributed by atoms with Crippen LogP contribution in [0.1, 0.15) is 46.6 Å². The summed E-state index contributed by atoms with van der Waals surface area (Å²) in [7, 11) is 0. The molecule has 0 saturated carbocycles. The average molecular weight is 379 g/mol. The molecule has 0 spiro atoms. The topological polar surface area (TPSA) is 27.8 Å².